The van der Waals surface area contributed by atoms with E-state index in [1.54, 1.807) is 49.5 Å². The highest BCUT2D eigenvalue weighted by Crippen LogP contribution is 2.18. The zero-order valence-corrected chi connectivity index (χ0v) is 18.0. The molecule has 3 N–H and O–H groups in total. The van der Waals surface area contributed by atoms with Crippen molar-refractivity contribution in [2.24, 2.45) is 0 Å². The topological polar surface area (TPSA) is 111 Å². The molecule has 1 amide bonds. The molecule has 31 heavy (non-hydrogen) atoms. The van der Waals surface area contributed by atoms with E-state index in [1.807, 2.05) is 0 Å². The first-order chi connectivity index (χ1) is 14.8. The fraction of sp³-hybridized carbons (Fsp3) is 0.143. The van der Waals surface area contributed by atoms with Crippen molar-refractivity contribution in [3.8, 4) is 0 Å². The molecule has 8 nitrogen and oxygen atoms in total. The lowest BCUT2D eigenvalue weighted by Gasteiger charge is -2.07. The summed E-state index contributed by atoms with van der Waals surface area (Å²) in [6.45, 7) is 2.02. The number of pyridine rings is 1. The number of benzene rings is 1. The van der Waals surface area contributed by atoms with Crippen LogP contribution in [0.3, 0.4) is 0 Å². The summed E-state index contributed by atoms with van der Waals surface area (Å²) in [5, 5.41) is 3.36. The highest BCUT2D eigenvalue weighted by atomic mass is 35.5. The van der Waals surface area contributed by atoms with Crippen molar-refractivity contribution in [1.29, 1.82) is 0 Å². The number of aryl methyl sites for hydroxylation is 1. The molecule has 0 unspecified atom stereocenters. The Morgan fingerprint density at radius 1 is 1.19 bits per heavy atom. The van der Waals surface area contributed by atoms with Gasteiger partial charge in [-0.2, -0.15) is 0 Å². The van der Waals surface area contributed by atoms with Gasteiger partial charge < -0.3 is 11.1 Å². The molecule has 0 atom stereocenters. The number of hydrogen-bond acceptors (Lipinski definition) is 6. The Morgan fingerprint density at radius 2 is 1.94 bits per heavy atom. The number of amides is 1. The molecule has 3 aromatic heterocycles. The van der Waals surface area contributed by atoms with Gasteiger partial charge in [-0.25, -0.2) is 9.78 Å². The second-order valence-corrected chi connectivity index (χ2v) is 8.43. The maximum Gasteiger partial charge on any atom is 0.336 e. The molecule has 0 fully saturated rings. The predicted molar refractivity (Wildman–Crippen MR) is 121 cm³/mol. The number of nitrogens with two attached hydrogens (primary N) is 1. The van der Waals surface area contributed by atoms with Crippen LogP contribution in [0.15, 0.2) is 58.4 Å². The van der Waals surface area contributed by atoms with Crippen LogP contribution in [-0.2, 0) is 13.1 Å². The second-order valence-electron chi connectivity index (χ2n) is 6.97. The Morgan fingerprint density at radius 3 is 2.65 bits per heavy atom. The smallest absolute Gasteiger partial charge is 0.336 e. The van der Waals surface area contributed by atoms with Crippen molar-refractivity contribution in [2.45, 2.75) is 20.0 Å². The highest BCUT2D eigenvalue weighted by molar-refractivity contribution is 7.19. The van der Waals surface area contributed by atoms with Crippen LogP contribution in [0.2, 0.25) is 5.02 Å². The van der Waals surface area contributed by atoms with Crippen LogP contribution >= 0.6 is 22.9 Å². The SMILES string of the molecule is Cc1c(=O)n(Cc2ccc(Cl)cc2)c(=O)n2cc(C(=O)NCc3ccnc(N)c3)sc12. The molecule has 0 aliphatic carbocycles. The Balaban J connectivity index is 1.65. The van der Waals surface area contributed by atoms with Gasteiger partial charge in [0, 0.05) is 29.5 Å². The minimum absolute atomic E-state index is 0.111. The number of rotatable bonds is 5. The number of thiazole rings is 1. The zero-order chi connectivity index (χ0) is 22.1. The van der Waals surface area contributed by atoms with Crippen molar-refractivity contribution in [2.75, 3.05) is 5.73 Å². The van der Waals surface area contributed by atoms with E-state index in [9.17, 15) is 14.4 Å². The summed E-state index contributed by atoms with van der Waals surface area (Å²) in [5.41, 5.74) is 6.74. The van der Waals surface area contributed by atoms with Crippen molar-refractivity contribution >= 4 is 39.5 Å². The molecule has 0 aliphatic rings. The summed E-state index contributed by atoms with van der Waals surface area (Å²) in [6, 6.07) is 10.3. The molecular formula is C21H18ClN5O3S. The Bertz CT molecular complexity index is 1410. The summed E-state index contributed by atoms with van der Waals surface area (Å²) < 4.78 is 2.50. The molecule has 1 aromatic carbocycles. The van der Waals surface area contributed by atoms with Crippen LogP contribution in [0.5, 0.6) is 0 Å². The Labute approximate surface area is 185 Å². The van der Waals surface area contributed by atoms with E-state index in [0.717, 1.165) is 27.0 Å². The van der Waals surface area contributed by atoms with Crippen molar-refractivity contribution in [1.82, 2.24) is 19.3 Å². The van der Waals surface area contributed by atoms with Gasteiger partial charge in [-0.05, 0) is 42.3 Å². The number of aromatic nitrogens is 3. The Kier molecular flexibility index (Phi) is 5.62. The van der Waals surface area contributed by atoms with E-state index in [4.69, 9.17) is 17.3 Å². The molecule has 0 aliphatic heterocycles. The van der Waals surface area contributed by atoms with Crippen LogP contribution in [-0.4, -0.2) is 19.9 Å². The van der Waals surface area contributed by atoms with Crippen LogP contribution in [0, 0.1) is 6.92 Å². The number of nitrogens with zero attached hydrogens (tertiary/aromatic N) is 3. The lowest BCUT2D eigenvalue weighted by atomic mass is 10.2. The third-order valence-corrected chi connectivity index (χ3v) is 6.23. The molecule has 3 heterocycles. The quantitative estimate of drug-likeness (QED) is 0.480. The third-order valence-electron chi connectivity index (χ3n) is 4.77. The molecular weight excluding hydrogens is 438 g/mol. The van der Waals surface area contributed by atoms with E-state index < -0.39 is 5.69 Å². The van der Waals surface area contributed by atoms with Crippen LogP contribution in [0.25, 0.3) is 4.83 Å². The first-order valence-electron chi connectivity index (χ1n) is 9.32. The summed E-state index contributed by atoms with van der Waals surface area (Å²) in [4.78, 5) is 43.1. The predicted octanol–water partition coefficient (Wildman–Crippen LogP) is 2.44. The van der Waals surface area contributed by atoms with E-state index in [1.165, 1.54) is 10.6 Å². The molecule has 0 saturated heterocycles. The maximum atomic E-state index is 13.0. The van der Waals surface area contributed by atoms with Gasteiger partial charge in [-0.1, -0.05) is 23.7 Å². The number of nitrogens with one attached hydrogen (secondary N) is 1. The van der Waals surface area contributed by atoms with Gasteiger partial charge in [0.05, 0.1) is 6.54 Å². The number of fused-ring (bicyclic) bond motifs is 1. The van der Waals surface area contributed by atoms with Gasteiger partial charge >= 0.3 is 5.69 Å². The van der Waals surface area contributed by atoms with Gasteiger partial charge in [0.2, 0.25) is 0 Å². The number of carbonyl (C=O) groups is 1. The maximum absolute atomic E-state index is 13.0. The standard InChI is InChI=1S/C21H18ClN5O3S/c1-12-19(29)26(10-13-2-4-15(22)5-3-13)21(30)27-11-16(31-20(12)27)18(28)25-9-14-6-7-24-17(23)8-14/h2-8,11H,9-10H2,1H3,(H2,23,24)(H,25,28). The largest absolute Gasteiger partial charge is 0.384 e. The van der Waals surface area contributed by atoms with Gasteiger partial charge in [-0.3, -0.25) is 18.6 Å². The molecule has 158 valence electrons. The number of nitrogen functional groups attached to an aromatic ring is 1. The van der Waals surface area contributed by atoms with Crippen LogP contribution < -0.4 is 22.3 Å². The van der Waals surface area contributed by atoms with Gasteiger partial charge in [-0.15, -0.1) is 11.3 Å². The van der Waals surface area contributed by atoms with E-state index >= 15 is 0 Å². The average Bonchev–Trinajstić information content (AvgIpc) is 3.21. The average molecular weight is 456 g/mol. The molecule has 0 radical (unpaired) electrons. The monoisotopic (exact) mass is 455 g/mol. The van der Waals surface area contributed by atoms with Crippen LogP contribution in [0.1, 0.15) is 26.4 Å². The molecule has 0 spiro atoms. The molecule has 10 heteroatoms. The molecule has 0 bridgehead atoms. The summed E-state index contributed by atoms with van der Waals surface area (Å²) >= 11 is 7.00. The zero-order valence-electron chi connectivity index (χ0n) is 16.5. The fourth-order valence-electron chi connectivity index (χ4n) is 3.16. The Hall–Kier alpha value is -3.43. The van der Waals surface area contributed by atoms with Gasteiger partial charge in [0.1, 0.15) is 15.5 Å². The first kappa shape index (κ1) is 20.8. The summed E-state index contributed by atoms with van der Waals surface area (Å²) in [7, 11) is 0. The molecule has 4 aromatic rings. The minimum Gasteiger partial charge on any atom is -0.384 e. The fourth-order valence-corrected chi connectivity index (χ4v) is 4.28. The van der Waals surface area contributed by atoms with Gasteiger partial charge in [0.15, 0.2) is 0 Å². The van der Waals surface area contributed by atoms with Crippen molar-refractivity contribution in [3.05, 3.63) is 96.2 Å². The normalized spacial score (nSPS) is 11.0. The van der Waals surface area contributed by atoms with Crippen molar-refractivity contribution < 1.29 is 4.79 Å². The lowest BCUT2D eigenvalue weighted by molar-refractivity contribution is 0.0954. The first-order valence-corrected chi connectivity index (χ1v) is 10.5. The molecule has 4 rings (SSSR count). The van der Waals surface area contributed by atoms with E-state index in [-0.39, 0.29) is 24.6 Å². The van der Waals surface area contributed by atoms with E-state index in [2.05, 4.69) is 10.3 Å². The van der Waals surface area contributed by atoms with Gasteiger partial charge in [0.25, 0.3) is 11.5 Å². The van der Waals surface area contributed by atoms with Crippen LogP contribution in [0.4, 0.5) is 5.82 Å². The molecule has 0 saturated carbocycles. The second kappa shape index (κ2) is 8.37. The third kappa shape index (κ3) is 4.23. The highest BCUT2D eigenvalue weighted by Gasteiger charge is 2.17. The van der Waals surface area contributed by atoms with Crippen molar-refractivity contribution in [3.63, 3.8) is 0 Å². The summed E-state index contributed by atoms with van der Waals surface area (Å²) in [5.74, 6) is 0.0172. The summed E-state index contributed by atoms with van der Waals surface area (Å²) in [6.07, 6.45) is 3.03. The number of carbonyl (C=O) groups excluding carboxylic acids is 1. The minimum atomic E-state index is -0.502. The van der Waals surface area contributed by atoms with E-state index in [0.29, 0.717) is 26.1 Å². The number of anilines is 1. The number of halogens is 1. The lowest BCUT2D eigenvalue weighted by Crippen LogP contribution is -2.38. The number of hydrogen-bond donors (Lipinski definition) is 2.